The van der Waals surface area contributed by atoms with E-state index in [-0.39, 0.29) is 11.8 Å². The van der Waals surface area contributed by atoms with Gasteiger partial charge in [0, 0.05) is 24.8 Å². The molecule has 0 bridgehead atoms. The van der Waals surface area contributed by atoms with Crippen LogP contribution in [0.4, 0.5) is 0 Å². The molecule has 0 aliphatic heterocycles. The van der Waals surface area contributed by atoms with Gasteiger partial charge in [-0.05, 0) is 38.2 Å². The van der Waals surface area contributed by atoms with E-state index in [4.69, 9.17) is 21.7 Å². The second-order valence-electron chi connectivity index (χ2n) is 4.52. The van der Waals surface area contributed by atoms with E-state index in [1.165, 1.54) is 6.07 Å². The van der Waals surface area contributed by atoms with Gasteiger partial charge in [-0.25, -0.2) is 0 Å². The number of phenols is 1. The van der Waals surface area contributed by atoms with E-state index in [1.807, 2.05) is 6.92 Å². The van der Waals surface area contributed by atoms with Gasteiger partial charge >= 0.3 is 0 Å². The van der Waals surface area contributed by atoms with Crippen LogP contribution in [0.25, 0.3) is 0 Å². The van der Waals surface area contributed by atoms with Crippen molar-refractivity contribution in [2.45, 2.75) is 19.9 Å². The number of rotatable bonds is 6. The second-order valence-corrected chi connectivity index (χ2v) is 4.93. The Morgan fingerprint density at radius 2 is 2.14 bits per heavy atom. The monoisotopic (exact) mass is 311 g/mol. The van der Waals surface area contributed by atoms with Crippen molar-refractivity contribution in [3.8, 4) is 11.5 Å². The first-order chi connectivity index (χ1) is 9.97. The number of nitrogens with one attached hydrogen (secondary N) is 2. The number of methoxy groups -OCH3 is 2. The predicted molar refractivity (Wildman–Crippen MR) is 87.1 cm³/mol. The summed E-state index contributed by atoms with van der Waals surface area (Å²) < 4.78 is 10.0. The Kier molecular flexibility index (Phi) is 6.90. The molecule has 0 fully saturated rings. The molecule has 0 saturated carbocycles. The minimum Gasteiger partial charge on any atom is -0.507 e. The highest BCUT2D eigenvalue weighted by molar-refractivity contribution is 7.80. The highest BCUT2D eigenvalue weighted by atomic mass is 32.1. The summed E-state index contributed by atoms with van der Waals surface area (Å²) >= 11 is 5.12. The van der Waals surface area contributed by atoms with Gasteiger partial charge in [0.2, 0.25) is 0 Å². The van der Waals surface area contributed by atoms with Crippen molar-refractivity contribution in [2.24, 2.45) is 5.10 Å². The molecule has 0 unspecified atom stereocenters. The first kappa shape index (κ1) is 17.2. The summed E-state index contributed by atoms with van der Waals surface area (Å²) in [7, 11) is 3.17. The molecule has 0 aliphatic carbocycles. The van der Waals surface area contributed by atoms with Gasteiger partial charge in [-0.2, -0.15) is 5.10 Å². The van der Waals surface area contributed by atoms with E-state index in [0.29, 0.717) is 28.7 Å². The smallest absolute Gasteiger partial charge is 0.187 e. The van der Waals surface area contributed by atoms with Crippen LogP contribution in [0.3, 0.4) is 0 Å². The normalized spacial score (nSPS) is 12.7. The Morgan fingerprint density at radius 3 is 2.71 bits per heavy atom. The number of hydrazone groups is 1. The number of aromatic hydroxyl groups is 1. The van der Waals surface area contributed by atoms with Crippen LogP contribution in [-0.4, -0.2) is 42.8 Å². The first-order valence-corrected chi connectivity index (χ1v) is 6.85. The molecule has 0 aromatic heterocycles. The summed E-state index contributed by atoms with van der Waals surface area (Å²) in [6, 6.07) is 5.11. The molecule has 3 N–H and O–H groups in total. The summed E-state index contributed by atoms with van der Waals surface area (Å²) in [6.07, 6.45) is 0. The van der Waals surface area contributed by atoms with Gasteiger partial charge in [0.15, 0.2) is 5.11 Å². The Labute approximate surface area is 130 Å². The number of thiocarbonyl (C=S) groups is 1. The van der Waals surface area contributed by atoms with E-state index >= 15 is 0 Å². The standard InChI is InChI=1S/C14H21N3O3S/c1-9(8-19-3)15-14(21)17-16-10(2)12-6-5-11(20-4)7-13(12)18/h5-7,9,18H,8H2,1-4H3,(H2,15,17,21)/b16-10+/t9-/m0/s1. The summed E-state index contributed by atoms with van der Waals surface area (Å²) in [5.74, 6) is 0.687. The minimum absolute atomic E-state index is 0.0832. The minimum atomic E-state index is 0.0832. The number of benzene rings is 1. The van der Waals surface area contributed by atoms with Crippen molar-refractivity contribution < 1.29 is 14.6 Å². The Morgan fingerprint density at radius 1 is 1.43 bits per heavy atom. The van der Waals surface area contributed by atoms with Crippen molar-refractivity contribution >= 4 is 23.0 Å². The van der Waals surface area contributed by atoms with Crippen molar-refractivity contribution in [2.75, 3.05) is 20.8 Å². The van der Waals surface area contributed by atoms with E-state index in [9.17, 15) is 5.11 Å². The summed E-state index contributed by atoms with van der Waals surface area (Å²) in [4.78, 5) is 0. The van der Waals surface area contributed by atoms with Crippen LogP contribution in [0.5, 0.6) is 11.5 Å². The maximum absolute atomic E-state index is 9.92. The molecule has 1 aromatic rings. The third-order valence-electron chi connectivity index (χ3n) is 2.71. The molecule has 1 aromatic carbocycles. The topological polar surface area (TPSA) is 75.1 Å². The van der Waals surface area contributed by atoms with Gasteiger partial charge in [0.1, 0.15) is 11.5 Å². The number of hydrogen-bond acceptors (Lipinski definition) is 5. The number of ether oxygens (including phenoxy) is 2. The molecule has 0 aliphatic rings. The van der Waals surface area contributed by atoms with E-state index in [2.05, 4.69) is 15.8 Å². The largest absolute Gasteiger partial charge is 0.507 e. The summed E-state index contributed by atoms with van der Waals surface area (Å²) in [6.45, 7) is 4.27. The molecule has 116 valence electrons. The molecule has 1 atom stereocenters. The maximum Gasteiger partial charge on any atom is 0.187 e. The average molecular weight is 311 g/mol. The van der Waals surface area contributed by atoms with Crippen LogP contribution in [0.15, 0.2) is 23.3 Å². The second kappa shape index (κ2) is 8.43. The van der Waals surface area contributed by atoms with Crippen LogP contribution < -0.4 is 15.5 Å². The molecule has 7 heteroatoms. The molecule has 1 rings (SSSR count). The van der Waals surface area contributed by atoms with Gasteiger partial charge in [-0.1, -0.05) is 0 Å². The zero-order valence-electron chi connectivity index (χ0n) is 12.6. The zero-order valence-corrected chi connectivity index (χ0v) is 13.5. The van der Waals surface area contributed by atoms with Crippen LogP contribution in [0.1, 0.15) is 19.4 Å². The van der Waals surface area contributed by atoms with Gasteiger partial charge in [0.25, 0.3) is 0 Å². The van der Waals surface area contributed by atoms with Gasteiger partial charge in [0.05, 0.1) is 19.4 Å². The van der Waals surface area contributed by atoms with Crippen LogP contribution >= 0.6 is 12.2 Å². The molecule has 6 nitrogen and oxygen atoms in total. The summed E-state index contributed by atoms with van der Waals surface area (Å²) in [5, 5.41) is 17.5. The Bertz CT molecular complexity index is 520. The number of nitrogens with zero attached hydrogens (tertiary/aromatic N) is 1. The first-order valence-electron chi connectivity index (χ1n) is 6.45. The number of phenolic OH excluding ortho intramolecular Hbond substituents is 1. The highest BCUT2D eigenvalue weighted by Gasteiger charge is 2.07. The molecule has 0 radical (unpaired) electrons. The summed E-state index contributed by atoms with van der Waals surface area (Å²) in [5.41, 5.74) is 3.95. The maximum atomic E-state index is 9.92. The molecule has 0 saturated heterocycles. The highest BCUT2D eigenvalue weighted by Crippen LogP contribution is 2.23. The Hall–Kier alpha value is -1.86. The van der Waals surface area contributed by atoms with Crippen LogP contribution in [0, 0.1) is 0 Å². The lowest BCUT2D eigenvalue weighted by atomic mass is 10.1. The quantitative estimate of drug-likeness (QED) is 0.421. The van der Waals surface area contributed by atoms with Crippen molar-refractivity contribution in [1.29, 1.82) is 0 Å². The van der Waals surface area contributed by atoms with Crippen molar-refractivity contribution in [3.05, 3.63) is 23.8 Å². The molecular formula is C14H21N3O3S. The zero-order chi connectivity index (χ0) is 15.8. The fraction of sp³-hybridized carbons (Fsp3) is 0.429. The van der Waals surface area contributed by atoms with Gasteiger partial charge in [-0.3, -0.25) is 5.43 Å². The lowest BCUT2D eigenvalue weighted by molar-refractivity contribution is 0.179. The molecule has 0 heterocycles. The van der Waals surface area contributed by atoms with E-state index < -0.39 is 0 Å². The van der Waals surface area contributed by atoms with Crippen molar-refractivity contribution in [3.63, 3.8) is 0 Å². The average Bonchev–Trinajstić information content (AvgIpc) is 2.44. The van der Waals surface area contributed by atoms with Crippen molar-refractivity contribution in [1.82, 2.24) is 10.7 Å². The van der Waals surface area contributed by atoms with Gasteiger partial charge < -0.3 is 19.9 Å². The van der Waals surface area contributed by atoms with Crippen LogP contribution in [0.2, 0.25) is 0 Å². The predicted octanol–water partition coefficient (Wildman–Crippen LogP) is 1.62. The third-order valence-corrected chi connectivity index (χ3v) is 2.92. The molecule has 0 amide bonds. The lowest BCUT2D eigenvalue weighted by Gasteiger charge is -2.14. The third kappa shape index (κ3) is 5.57. The van der Waals surface area contributed by atoms with Crippen LogP contribution in [-0.2, 0) is 4.74 Å². The lowest BCUT2D eigenvalue weighted by Crippen LogP contribution is -2.40. The Balaban J connectivity index is 2.66. The van der Waals surface area contributed by atoms with Gasteiger partial charge in [-0.15, -0.1) is 0 Å². The molecule has 0 spiro atoms. The molecular weight excluding hydrogens is 290 g/mol. The SMILES string of the molecule is COC[C@H](C)NC(=S)N/N=C(\C)c1ccc(OC)cc1O. The fourth-order valence-electron chi connectivity index (χ4n) is 1.69. The van der Waals surface area contributed by atoms with E-state index in [1.54, 1.807) is 33.3 Å². The number of hydrogen-bond donors (Lipinski definition) is 3. The fourth-order valence-corrected chi connectivity index (χ4v) is 1.93. The molecule has 21 heavy (non-hydrogen) atoms. The van der Waals surface area contributed by atoms with E-state index in [0.717, 1.165) is 0 Å².